The maximum atomic E-state index is 13.2. The van der Waals surface area contributed by atoms with Crippen molar-refractivity contribution in [1.82, 2.24) is 19.8 Å². The van der Waals surface area contributed by atoms with Crippen LogP contribution in [0.1, 0.15) is 58.8 Å². The number of likely N-dealkylation sites (N-methyl/N-ethyl adjacent to an activating group) is 1. The zero-order valence-corrected chi connectivity index (χ0v) is 19.9. The van der Waals surface area contributed by atoms with Crippen molar-refractivity contribution >= 4 is 28.6 Å². The fourth-order valence-electron chi connectivity index (χ4n) is 5.48. The third-order valence-electron chi connectivity index (χ3n) is 7.31. The highest BCUT2D eigenvalue weighted by Gasteiger charge is 2.34. The predicted octanol–water partition coefficient (Wildman–Crippen LogP) is 3.27. The van der Waals surface area contributed by atoms with Crippen molar-refractivity contribution in [2.75, 3.05) is 20.1 Å². The Labute approximate surface area is 204 Å². The van der Waals surface area contributed by atoms with E-state index in [1.165, 1.54) is 10.9 Å². The van der Waals surface area contributed by atoms with Crippen LogP contribution in [0.5, 0.6) is 0 Å². The van der Waals surface area contributed by atoms with Crippen molar-refractivity contribution in [2.24, 2.45) is 0 Å². The van der Waals surface area contributed by atoms with E-state index in [0.717, 1.165) is 36.0 Å². The van der Waals surface area contributed by atoms with Gasteiger partial charge in [-0.25, -0.2) is 5.48 Å². The zero-order valence-electron chi connectivity index (χ0n) is 19.9. The average Bonchev–Trinajstić information content (AvgIpc) is 3.18. The number of hydroxylamine groups is 1. The van der Waals surface area contributed by atoms with E-state index in [1.807, 2.05) is 23.1 Å². The van der Waals surface area contributed by atoms with Gasteiger partial charge < -0.3 is 14.4 Å². The lowest BCUT2D eigenvalue weighted by Crippen LogP contribution is -2.44. The fraction of sp³-hybridized carbons (Fsp3) is 0.370. The van der Waals surface area contributed by atoms with Gasteiger partial charge in [0.15, 0.2) is 0 Å². The van der Waals surface area contributed by atoms with E-state index in [4.69, 9.17) is 5.21 Å². The summed E-state index contributed by atoms with van der Waals surface area (Å²) in [5.41, 5.74) is 6.66. The van der Waals surface area contributed by atoms with Gasteiger partial charge in [0.05, 0.1) is 13.1 Å². The summed E-state index contributed by atoms with van der Waals surface area (Å²) in [6.45, 7) is 1.89. The predicted molar refractivity (Wildman–Crippen MR) is 131 cm³/mol. The molecule has 2 aliphatic heterocycles. The molecule has 1 aromatic heterocycles. The van der Waals surface area contributed by atoms with E-state index in [2.05, 4.69) is 22.8 Å². The maximum Gasteiger partial charge on any atom is 0.274 e. The highest BCUT2D eigenvalue weighted by molar-refractivity contribution is 5.93. The van der Waals surface area contributed by atoms with Gasteiger partial charge in [0.1, 0.15) is 0 Å². The Morgan fingerprint density at radius 3 is 2.57 bits per heavy atom. The smallest absolute Gasteiger partial charge is 0.274 e. The van der Waals surface area contributed by atoms with E-state index in [1.54, 1.807) is 29.6 Å². The minimum atomic E-state index is -0.543. The second kappa shape index (κ2) is 9.54. The van der Waals surface area contributed by atoms with Crippen LogP contribution in [0, 0.1) is 0 Å². The molecule has 3 amide bonds. The van der Waals surface area contributed by atoms with Gasteiger partial charge in [0.2, 0.25) is 11.8 Å². The lowest BCUT2D eigenvalue weighted by molar-refractivity contribution is -0.140. The number of carbonyl (C=O) groups is 3. The van der Waals surface area contributed by atoms with Crippen molar-refractivity contribution < 1.29 is 19.6 Å². The molecule has 3 aromatic rings. The van der Waals surface area contributed by atoms with Crippen LogP contribution in [0.25, 0.3) is 10.9 Å². The summed E-state index contributed by atoms with van der Waals surface area (Å²) in [6, 6.07) is 15.6. The number of fused-ring (bicyclic) bond motifs is 6. The number of benzene rings is 2. The van der Waals surface area contributed by atoms with Gasteiger partial charge in [-0.1, -0.05) is 36.8 Å². The highest BCUT2D eigenvalue weighted by atomic mass is 16.5. The Bertz CT molecular complexity index is 1280. The summed E-state index contributed by atoms with van der Waals surface area (Å²) in [7, 11) is 1.71. The first-order chi connectivity index (χ1) is 17.0. The molecule has 182 valence electrons. The molecule has 3 heterocycles. The summed E-state index contributed by atoms with van der Waals surface area (Å²) in [5, 5.41) is 10.1. The lowest BCUT2D eigenvalue weighted by Gasteiger charge is -2.35. The molecule has 2 aliphatic rings. The van der Waals surface area contributed by atoms with Crippen LogP contribution in [0.2, 0.25) is 0 Å². The van der Waals surface area contributed by atoms with Crippen LogP contribution in [0.15, 0.2) is 48.5 Å². The minimum Gasteiger partial charge on any atom is -0.338 e. The van der Waals surface area contributed by atoms with Crippen molar-refractivity contribution in [3.05, 3.63) is 70.9 Å². The Balaban J connectivity index is 1.55. The van der Waals surface area contributed by atoms with Crippen LogP contribution in [-0.4, -0.2) is 57.4 Å². The first-order valence-electron chi connectivity index (χ1n) is 12.1. The Morgan fingerprint density at radius 1 is 1.03 bits per heavy atom. The van der Waals surface area contributed by atoms with E-state index in [9.17, 15) is 14.4 Å². The second-order valence-corrected chi connectivity index (χ2v) is 9.57. The van der Waals surface area contributed by atoms with Crippen molar-refractivity contribution in [1.29, 1.82) is 0 Å². The molecule has 0 aliphatic carbocycles. The third-order valence-corrected chi connectivity index (χ3v) is 7.31. The van der Waals surface area contributed by atoms with Gasteiger partial charge in [-0.3, -0.25) is 19.6 Å². The monoisotopic (exact) mass is 474 g/mol. The van der Waals surface area contributed by atoms with E-state index >= 15 is 0 Å². The average molecular weight is 475 g/mol. The summed E-state index contributed by atoms with van der Waals surface area (Å²) < 4.78 is 2.28. The van der Waals surface area contributed by atoms with Gasteiger partial charge in [-0.2, -0.15) is 0 Å². The van der Waals surface area contributed by atoms with Crippen molar-refractivity contribution in [3.8, 4) is 0 Å². The number of hydrogen-bond acceptors (Lipinski definition) is 4. The number of amides is 3. The quantitative estimate of drug-likeness (QED) is 0.450. The largest absolute Gasteiger partial charge is 0.338 e. The second-order valence-electron chi connectivity index (χ2n) is 9.57. The topological polar surface area (TPSA) is 94.9 Å². The molecule has 35 heavy (non-hydrogen) atoms. The fourth-order valence-corrected chi connectivity index (χ4v) is 5.48. The first-order valence-corrected chi connectivity index (χ1v) is 12.1. The molecule has 8 nitrogen and oxygen atoms in total. The zero-order chi connectivity index (χ0) is 24.5. The van der Waals surface area contributed by atoms with E-state index in [-0.39, 0.29) is 24.3 Å². The van der Waals surface area contributed by atoms with Gasteiger partial charge >= 0.3 is 0 Å². The number of aromatic nitrogens is 1. The highest BCUT2D eigenvalue weighted by Crippen LogP contribution is 2.40. The summed E-state index contributed by atoms with van der Waals surface area (Å²) >= 11 is 0. The third kappa shape index (κ3) is 4.41. The normalized spacial score (nSPS) is 18.9. The van der Waals surface area contributed by atoms with Crippen LogP contribution in [-0.2, 0) is 22.7 Å². The van der Waals surface area contributed by atoms with Gasteiger partial charge in [0, 0.05) is 54.6 Å². The molecule has 1 fully saturated rings. The molecule has 2 aromatic carbocycles. The minimum absolute atomic E-state index is 0.0189. The molecular weight excluding hydrogens is 444 g/mol. The standard InChI is InChI=1S/C27H30N4O4/c1-29-17-25(33)30-15-20(6-2-5-9-24(29)32)26-21-7-3-4-8-22(21)31(23(26)16-30)14-18-10-12-19(13-11-18)27(34)28-35/h3-4,7-8,10-13,20,35H,2,5-6,9,14-17H2,1H3,(H,28,34). The lowest BCUT2D eigenvalue weighted by atomic mass is 9.87. The van der Waals surface area contributed by atoms with Gasteiger partial charge in [-0.15, -0.1) is 0 Å². The molecule has 8 heteroatoms. The number of para-hydroxylation sites is 1. The molecule has 1 saturated heterocycles. The van der Waals surface area contributed by atoms with Crippen molar-refractivity contribution in [3.63, 3.8) is 0 Å². The van der Waals surface area contributed by atoms with Crippen molar-refractivity contribution in [2.45, 2.75) is 44.7 Å². The molecule has 2 N–H and O–H groups in total. The molecule has 0 spiro atoms. The van der Waals surface area contributed by atoms with Crippen LogP contribution >= 0.6 is 0 Å². The van der Waals surface area contributed by atoms with Crippen LogP contribution in [0.4, 0.5) is 0 Å². The number of carbonyl (C=O) groups excluding carboxylic acids is 3. The SMILES string of the molecule is CN1CC(=O)N2Cc3c(c4ccccc4n3Cc3ccc(C(=O)NO)cc3)C(CCCCC1=O)C2. The molecule has 2 bridgehead atoms. The number of nitrogens with one attached hydrogen (secondary N) is 1. The molecule has 5 rings (SSSR count). The van der Waals surface area contributed by atoms with Gasteiger partial charge in [0.25, 0.3) is 5.91 Å². The molecule has 1 atom stereocenters. The summed E-state index contributed by atoms with van der Waals surface area (Å²) in [4.78, 5) is 40.7. The summed E-state index contributed by atoms with van der Waals surface area (Å²) in [5.74, 6) is -0.308. The van der Waals surface area contributed by atoms with E-state index in [0.29, 0.717) is 31.6 Å². The van der Waals surface area contributed by atoms with Crippen LogP contribution < -0.4 is 5.48 Å². The first kappa shape index (κ1) is 23.1. The Hall–Kier alpha value is -3.65. The number of rotatable bonds is 3. The molecular formula is C27H30N4O4. The Kier molecular flexibility index (Phi) is 6.30. The number of hydrogen-bond donors (Lipinski definition) is 2. The van der Waals surface area contributed by atoms with E-state index < -0.39 is 5.91 Å². The van der Waals surface area contributed by atoms with Crippen LogP contribution in [0.3, 0.4) is 0 Å². The van der Waals surface area contributed by atoms with Gasteiger partial charge in [-0.05, 0) is 42.2 Å². The molecule has 1 unspecified atom stereocenters. The summed E-state index contributed by atoms with van der Waals surface area (Å²) in [6.07, 6.45) is 3.19. The Morgan fingerprint density at radius 2 is 1.80 bits per heavy atom. The number of nitrogens with zero attached hydrogens (tertiary/aromatic N) is 3. The maximum absolute atomic E-state index is 13.2. The molecule has 0 radical (unpaired) electrons. The molecule has 0 saturated carbocycles.